The van der Waals surface area contributed by atoms with E-state index in [1.54, 1.807) is 4.90 Å². The van der Waals surface area contributed by atoms with Crippen molar-refractivity contribution in [2.75, 3.05) is 13.1 Å². The number of piperidine rings is 1. The minimum Gasteiger partial charge on any atom is -0.426 e. The van der Waals surface area contributed by atoms with Crippen LogP contribution < -0.4 is 10.5 Å². The van der Waals surface area contributed by atoms with E-state index >= 15 is 0 Å². The molecule has 1 aromatic carbocycles. The molecule has 0 bridgehead atoms. The summed E-state index contributed by atoms with van der Waals surface area (Å²) in [6.45, 7) is 7.64. The first-order valence-electron chi connectivity index (χ1n) is 7.68. The molecule has 1 aliphatic heterocycles. The van der Waals surface area contributed by atoms with Gasteiger partial charge in [0.25, 0.3) is 0 Å². The van der Waals surface area contributed by atoms with E-state index in [9.17, 15) is 4.79 Å². The number of halogens is 1. The summed E-state index contributed by atoms with van der Waals surface area (Å²) in [5.74, 6) is 0.124. The molecule has 0 aliphatic carbocycles. The van der Waals surface area contributed by atoms with Crippen LogP contribution in [0.4, 0.5) is 0 Å². The fraction of sp³-hybridized carbons (Fsp3) is 0.529. The number of hydrogen-bond acceptors (Lipinski definition) is 3. The molecule has 1 aromatic rings. The van der Waals surface area contributed by atoms with E-state index in [0.29, 0.717) is 12.3 Å². The van der Waals surface area contributed by atoms with Gasteiger partial charge in [-0.2, -0.15) is 0 Å². The van der Waals surface area contributed by atoms with Gasteiger partial charge in [0.2, 0.25) is 0 Å². The lowest BCUT2D eigenvalue weighted by molar-refractivity contribution is -0.140. The maximum atomic E-state index is 12.3. The number of carbonyl (C=O) groups is 1. The summed E-state index contributed by atoms with van der Waals surface area (Å²) in [6, 6.07) is 7.66. The van der Waals surface area contributed by atoms with Crippen molar-refractivity contribution in [1.29, 1.82) is 5.41 Å². The van der Waals surface area contributed by atoms with Crippen LogP contribution in [-0.4, -0.2) is 29.9 Å². The van der Waals surface area contributed by atoms with Gasteiger partial charge in [-0.25, -0.2) is 0 Å². The van der Waals surface area contributed by atoms with Gasteiger partial charge in [0.05, 0.1) is 5.92 Å². The second-order valence-electron chi connectivity index (χ2n) is 6.87. The molecule has 1 aliphatic rings. The van der Waals surface area contributed by atoms with Crippen LogP contribution in [0.5, 0.6) is 5.75 Å². The Balaban J connectivity index is 0.00000264. The van der Waals surface area contributed by atoms with Crippen LogP contribution in [0.2, 0.25) is 0 Å². The Morgan fingerprint density at radius 3 is 2.43 bits per heavy atom. The average molecular weight is 340 g/mol. The lowest BCUT2D eigenvalue weighted by atomic mass is 9.87. The summed E-state index contributed by atoms with van der Waals surface area (Å²) < 4.78 is 5.47. The van der Waals surface area contributed by atoms with Gasteiger partial charge in [0.1, 0.15) is 5.75 Å². The summed E-state index contributed by atoms with van der Waals surface area (Å²) in [4.78, 5) is 14.0. The second kappa shape index (κ2) is 7.68. The Bertz CT molecular complexity index is 552. The SMILES string of the molecule is CC(C)(C)c1ccc(OC(=O)C2CCCN(C(=N)N)C2)cc1.Cl. The molecule has 0 aromatic heterocycles. The topological polar surface area (TPSA) is 79.4 Å². The van der Waals surface area contributed by atoms with Gasteiger partial charge >= 0.3 is 5.97 Å². The predicted molar refractivity (Wildman–Crippen MR) is 94.2 cm³/mol. The van der Waals surface area contributed by atoms with Crippen LogP contribution >= 0.6 is 12.4 Å². The third-order valence-corrected chi connectivity index (χ3v) is 4.03. The quantitative estimate of drug-likeness (QED) is 0.376. The van der Waals surface area contributed by atoms with Crippen molar-refractivity contribution in [2.24, 2.45) is 11.7 Å². The van der Waals surface area contributed by atoms with Gasteiger partial charge in [-0.05, 0) is 36.0 Å². The lowest BCUT2D eigenvalue weighted by Crippen LogP contribution is -2.46. The maximum Gasteiger partial charge on any atom is 0.316 e. The van der Waals surface area contributed by atoms with Crippen molar-refractivity contribution in [3.05, 3.63) is 29.8 Å². The molecule has 1 saturated heterocycles. The molecule has 1 heterocycles. The van der Waals surface area contributed by atoms with Gasteiger partial charge in [-0.15, -0.1) is 12.4 Å². The van der Waals surface area contributed by atoms with E-state index in [4.69, 9.17) is 15.9 Å². The van der Waals surface area contributed by atoms with Crippen molar-refractivity contribution in [3.63, 3.8) is 0 Å². The fourth-order valence-electron chi connectivity index (χ4n) is 2.61. The van der Waals surface area contributed by atoms with Crippen LogP contribution in [0.25, 0.3) is 0 Å². The van der Waals surface area contributed by atoms with Crippen LogP contribution in [-0.2, 0) is 10.2 Å². The van der Waals surface area contributed by atoms with Crippen LogP contribution in [0.15, 0.2) is 24.3 Å². The zero-order chi connectivity index (χ0) is 16.3. The summed E-state index contributed by atoms with van der Waals surface area (Å²) in [7, 11) is 0. The smallest absolute Gasteiger partial charge is 0.316 e. The number of carbonyl (C=O) groups excluding carboxylic acids is 1. The van der Waals surface area contributed by atoms with E-state index in [2.05, 4.69) is 20.8 Å². The summed E-state index contributed by atoms with van der Waals surface area (Å²) in [5, 5.41) is 7.47. The zero-order valence-electron chi connectivity index (χ0n) is 14.0. The third-order valence-electron chi connectivity index (χ3n) is 4.03. The van der Waals surface area contributed by atoms with Crippen molar-refractivity contribution in [2.45, 2.75) is 39.0 Å². The van der Waals surface area contributed by atoms with Gasteiger partial charge in [0.15, 0.2) is 5.96 Å². The number of nitrogens with zero attached hydrogens (tertiary/aromatic N) is 1. The van der Waals surface area contributed by atoms with Gasteiger partial charge in [-0.1, -0.05) is 32.9 Å². The Kier molecular flexibility index (Phi) is 6.45. The number of nitrogens with one attached hydrogen (secondary N) is 1. The van der Waals surface area contributed by atoms with Crippen LogP contribution in [0.3, 0.4) is 0 Å². The summed E-state index contributed by atoms with van der Waals surface area (Å²) in [6.07, 6.45) is 1.63. The average Bonchev–Trinajstić information content (AvgIpc) is 2.47. The number of benzene rings is 1. The van der Waals surface area contributed by atoms with Gasteiger partial charge < -0.3 is 15.4 Å². The maximum absolute atomic E-state index is 12.3. The number of hydrogen-bond donors (Lipinski definition) is 2. The second-order valence-corrected chi connectivity index (χ2v) is 6.87. The highest BCUT2D eigenvalue weighted by molar-refractivity contribution is 5.85. The number of guanidine groups is 1. The molecule has 0 saturated carbocycles. The molecule has 0 amide bonds. The molecule has 0 spiro atoms. The van der Waals surface area contributed by atoms with Crippen molar-refractivity contribution in [3.8, 4) is 5.75 Å². The van der Waals surface area contributed by atoms with E-state index in [1.165, 1.54) is 5.56 Å². The predicted octanol–water partition coefficient (Wildman–Crippen LogP) is 2.92. The van der Waals surface area contributed by atoms with Crippen LogP contribution in [0.1, 0.15) is 39.2 Å². The molecule has 128 valence electrons. The first-order chi connectivity index (χ1) is 10.3. The molecule has 1 atom stereocenters. The van der Waals surface area contributed by atoms with Crippen molar-refractivity contribution in [1.82, 2.24) is 4.90 Å². The number of likely N-dealkylation sites (tertiary alicyclic amines) is 1. The number of rotatable bonds is 2. The van der Waals surface area contributed by atoms with Gasteiger partial charge in [0, 0.05) is 13.1 Å². The van der Waals surface area contributed by atoms with E-state index in [1.807, 2.05) is 24.3 Å². The minimum absolute atomic E-state index is 0. The van der Waals surface area contributed by atoms with Crippen molar-refractivity contribution >= 4 is 24.3 Å². The minimum atomic E-state index is -0.241. The summed E-state index contributed by atoms with van der Waals surface area (Å²) >= 11 is 0. The molecule has 6 heteroatoms. The first kappa shape index (κ1) is 19.3. The monoisotopic (exact) mass is 339 g/mol. The number of nitrogens with two attached hydrogens (primary N) is 1. The molecule has 2 rings (SSSR count). The summed E-state index contributed by atoms with van der Waals surface area (Å²) in [5.41, 5.74) is 6.78. The van der Waals surface area contributed by atoms with Gasteiger partial charge in [-0.3, -0.25) is 10.2 Å². The normalized spacial score (nSPS) is 18.0. The Hall–Kier alpha value is -1.75. The molecule has 5 nitrogen and oxygen atoms in total. The van der Waals surface area contributed by atoms with Crippen molar-refractivity contribution < 1.29 is 9.53 Å². The molecule has 23 heavy (non-hydrogen) atoms. The Morgan fingerprint density at radius 1 is 1.30 bits per heavy atom. The standard InChI is InChI=1S/C17H25N3O2.ClH/c1-17(2,3)13-6-8-14(9-7-13)22-15(21)12-5-4-10-20(11-12)16(18)19;/h6-9,12H,4-5,10-11H2,1-3H3,(H3,18,19);1H. The van der Waals surface area contributed by atoms with Crippen LogP contribution in [0, 0.1) is 11.3 Å². The highest BCUT2D eigenvalue weighted by Crippen LogP contribution is 2.25. The Morgan fingerprint density at radius 2 is 1.91 bits per heavy atom. The van der Waals surface area contributed by atoms with E-state index < -0.39 is 0 Å². The highest BCUT2D eigenvalue weighted by atomic mass is 35.5. The third kappa shape index (κ3) is 5.13. The fourth-order valence-corrected chi connectivity index (χ4v) is 2.61. The molecule has 1 fully saturated rings. The molecule has 1 unspecified atom stereocenters. The molecular formula is C17H26ClN3O2. The molecule has 3 N–H and O–H groups in total. The number of ether oxygens (including phenoxy) is 1. The molecular weight excluding hydrogens is 314 g/mol. The largest absolute Gasteiger partial charge is 0.426 e. The lowest BCUT2D eigenvalue weighted by Gasteiger charge is -2.31. The first-order valence-corrected chi connectivity index (χ1v) is 7.68. The Labute approximate surface area is 144 Å². The van der Waals surface area contributed by atoms with E-state index in [0.717, 1.165) is 19.4 Å². The zero-order valence-corrected chi connectivity index (χ0v) is 14.8. The number of esters is 1. The van der Waals surface area contributed by atoms with E-state index in [-0.39, 0.29) is 35.7 Å². The molecule has 0 radical (unpaired) electrons. The highest BCUT2D eigenvalue weighted by Gasteiger charge is 2.28.